The van der Waals surface area contributed by atoms with E-state index in [-0.39, 0.29) is 12.1 Å². The van der Waals surface area contributed by atoms with Crippen LogP contribution < -0.4 is 4.74 Å². The Bertz CT molecular complexity index is 1300. The van der Waals surface area contributed by atoms with Crippen molar-refractivity contribution in [2.24, 2.45) is 0 Å². The zero-order chi connectivity index (χ0) is 23.5. The molecule has 4 aromatic rings. The fraction of sp³-hybridized carbons (Fsp3) is 0.292. The van der Waals surface area contributed by atoms with Crippen LogP contribution in [-0.2, 0) is 16.1 Å². The molecule has 0 saturated carbocycles. The number of esters is 1. The number of benzene rings is 2. The van der Waals surface area contributed by atoms with E-state index >= 15 is 0 Å². The van der Waals surface area contributed by atoms with Crippen LogP contribution in [0.5, 0.6) is 5.75 Å². The highest BCUT2D eigenvalue weighted by atomic mass is 79.9. The van der Waals surface area contributed by atoms with Gasteiger partial charge in [0.25, 0.3) is 5.89 Å². The molecule has 0 spiro atoms. The van der Waals surface area contributed by atoms with E-state index in [9.17, 15) is 4.79 Å². The Morgan fingerprint density at radius 1 is 1.21 bits per heavy atom. The molecule has 0 aliphatic rings. The maximum atomic E-state index is 11.7. The van der Waals surface area contributed by atoms with E-state index in [4.69, 9.17) is 25.6 Å². The van der Waals surface area contributed by atoms with Crippen molar-refractivity contribution in [1.82, 2.24) is 14.7 Å². The molecule has 0 atom stereocenters. The summed E-state index contributed by atoms with van der Waals surface area (Å²) in [6, 6.07) is 11.3. The van der Waals surface area contributed by atoms with Crippen LogP contribution in [0.3, 0.4) is 0 Å². The fourth-order valence-electron chi connectivity index (χ4n) is 3.46. The lowest BCUT2D eigenvalue weighted by Gasteiger charge is -2.11. The average molecular weight is 533 g/mol. The van der Waals surface area contributed by atoms with Crippen molar-refractivity contribution in [3.8, 4) is 28.6 Å². The molecule has 0 aliphatic carbocycles. The molecular formula is C24H23BrClN3O4. The summed E-state index contributed by atoms with van der Waals surface area (Å²) in [4.78, 5) is 16.3. The molecular weight excluding hydrogens is 510 g/mol. The quantitative estimate of drug-likeness (QED) is 0.241. The van der Waals surface area contributed by atoms with Gasteiger partial charge < -0.3 is 18.6 Å². The topological polar surface area (TPSA) is 79.4 Å². The number of ether oxygens (including phenoxy) is 2. The van der Waals surface area contributed by atoms with E-state index in [0.29, 0.717) is 47.6 Å². The lowest BCUT2D eigenvalue weighted by Crippen LogP contribution is -2.08. The minimum Gasteiger partial charge on any atom is -0.489 e. The van der Waals surface area contributed by atoms with Gasteiger partial charge in [-0.2, -0.15) is 4.98 Å². The van der Waals surface area contributed by atoms with E-state index in [2.05, 4.69) is 26.1 Å². The Morgan fingerprint density at radius 3 is 2.73 bits per heavy atom. The highest BCUT2D eigenvalue weighted by Gasteiger charge is 2.15. The Balaban J connectivity index is 1.57. The first-order valence-corrected chi connectivity index (χ1v) is 11.8. The van der Waals surface area contributed by atoms with Gasteiger partial charge in [-0.3, -0.25) is 4.79 Å². The molecule has 0 N–H and O–H groups in total. The van der Waals surface area contributed by atoms with E-state index in [1.807, 2.05) is 48.9 Å². The summed E-state index contributed by atoms with van der Waals surface area (Å²) in [6.45, 7) is 6.60. The smallest absolute Gasteiger partial charge is 0.307 e. The van der Waals surface area contributed by atoms with Crippen LogP contribution >= 0.6 is 27.5 Å². The largest absolute Gasteiger partial charge is 0.489 e. The van der Waals surface area contributed by atoms with E-state index in [1.165, 1.54) is 0 Å². The first kappa shape index (κ1) is 23.3. The first-order valence-electron chi connectivity index (χ1n) is 10.6. The summed E-state index contributed by atoms with van der Waals surface area (Å²) in [7, 11) is 0. The maximum absolute atomic E-state index is 11.7. The molecule has 4 rings (SSSR count). The number of hydrogen-bond acceptors (Lipinski definition) is 6. The number of carbonyl (C=O) groups is 1. The Kier molecular flexibility index (Phi) is 7.05. The van der Waals surface area contributed by atoms with Crippen molar-refractivity contribution in [1.29, 1.82) is 0 Å². The number of hydrogen-bond donors (Lipinski definition) is 0. The first-order chi connectivity index (χ1) is 15.9. The number of fused-ring (bicyclic) bond motifs is 1. The van der Waals surface area contributed by atoms with Gasteiger partial charge >= 0.3 is 5.97 Å². The molecule has 2 aromatic heterocycles. The van der Waals surface area contributed by atoms with Crippen molar-refractivity contribution < 1.29 is 18.8 Å². The standard InChI is InChI=1S/C24H23BrClN3O4/c1-4-31-22(30)9-10-29-13-18(25)17-11-15(5-7-20(17)29)23-27-24(33-28-23)16-6-8-21(19(26)12-16)32-14(2)3/h5-8,11-14H,4,9-10H2,1-3H3. The third kappa shape index (κ3) is 5.23. The van der Waals surface area contributed by atoms with Crippen LogP contribution in [0.1, 0.15) is 27.2 Å². The highest BCUT2D eigenvalue weighted by molar-refractivity contribution is 9.10. The number of aromatic nitrogens is 3. The molecule has 2 heterocycles. The number of halogens is 2. The summed E-state index contributed by atoms with van der Waals surface area (Å²) >= 11 is 9.95. The van der Waals surface area contributed by atoms with Crippen LogP contribution in [0.2, 0.25) is 5.02 Å². The third-order valence-corrected chi connectivity index (χ3v) is 5.85. The summed E-state index contributed by atoms with van der Waals surface area (Å²) < 4.78 is 19.1. The van der Waals surface area contributed by atoms with E-state index < -0.39 is 0 Å². The fourth-order valence-corrected chi connectivity index (χ4v) is 4.25. The van der Waals surface area contributed by atoms with Crippen molar-refractivity contribution in [3.05, 3.63) is 52.1 Å². The van der Waals surface area contributed by atoms with E-state index in [0.717, 1.165) is 20.9 Å². The van der Waals surface area contributed by atoms with Gasteiger partial charge in [-0.15, -0.1) is 0 Å². The molecule has 0 aliphatic heterocycles. The molecule has 0 saturated heterocycles. The van der Waals surface area contributed by atoms with Crippen LogP contribution in [0.15, 0.2) is 51.6 Å². The lowest BCUT2D eigenvalue weighted by atomic mass is 10.1. The molecule has 2 aromatic carbocycles. The van der Waals surface area contributed by atoms with Gasteiger partial charge in [0.15, 0.2) is 0 Å². The number of aryl methyl sites for hydroxylation is 1. The molecule has 0 fully saturated rings. The Labute approximate surface area is 204 Å². The van der Waals surface area contributed by atoms with Crippen molar-refractivity contribution in [2.45, 2.75) is 39.8 Å². The maximum Gasteiger partial charge on any atom is 0.307 e. The molecule has 0 bridgehead atoms. The summed E-state index contributed by atoms with van der Waals surface area (Å²) in [6.07, 6.45) is 2.29. The van der Waals surface area contributed by atoms with Gasteiger partial charge in [0.05, 0.1) is 24.2 Å². The zero-order valence-electron chi connectivity index (χ0n) is 18.5. The average Bonchev–Trinajstić information content (AvgIpc) is 3.39. The van der Waals surface area contributed by atoms with E-state index in [1.54, 1.807) is 19.1 Å². The Morgan fingerprint density at radius 2 is 2.00 bits per heavy atom. The van der Waals surface area contributed by atoms with Crippen LogP contribution in [-0.4, -0.2) is 33.4 Å². The highest BCUT2D eigenvalue weighted by Crippen LogP contribution is 2.33. The molecule has 0 amide bonds. The predicted octanol–water partition coefficient (Wildman–Crippen LogP) is 6.51. The van der Waals surface area contributed by atoms with Gasteiger partial charge in [0.1, 0.15) is 5.75 Å². The third-order valence-electron chi connectivity index (χ3n) is 4.92. The second-order valence-electron chi connectivity index (χ2n) is 7.69. The molecule has 9 heteroatoms. The molecule has 33 heavy (non-hydrogen) atoms. The van der Waals surface area contributed by atoms with Gasteiger partial charge in [-0.25, -0.2) is 0 Å². The van der Waals surface area contributed by atoms with Crippen LogP contribution in [0, 0.1) is 0 Å². The summed E-state index contributed by atoms with van der Waals surface area (Å²) in [5.74, 6) is 1.24. The van der Waals surface area contributed by atoms with Gasteiger partial charge in [-0.05, 0) is 73.1 Å². The number of nitrogens with zero attached hydrogens (tertiary/aromatic N) is 3. The van der Waals surface area contributed by atoms with Gasteiger partial charge in [-0.1, -0.05) is 16.8 Å². The second-order valence-corrected chi connectivity index (χ2v) is 8.95. The molecule has 7 nitrogen and oxygen atoms in total. The second kappa shape index (κ2) is 9.97. The summed E-state index contributed by atoms with van der Waals surface area (Å²) in [5.41, 5.74) is 2.51. The Hall–Kier alpha value is -2.84. The molecule has 0 radical (unpaired) electrons. The van der Waals surface area contributed by atoms with Crippen LogP contribution in [0.4, 0.5) is 0 Å². The zero-order valence-corrected chi connectivity index (χ0v) is 20.8. The molecule has 0 unspecified atom stereocenters. The minimum absolute atomic E-state index is 0.0256. The lowest BCUT2D eigenvalue weighted by molar-refractivity contribution is -0.143. The molecule has 172 valence electrons. The number of rotatable bonds is 8. The van der Waals surface area contributed by atoms with Crippen molar-refractivity contribution >= 4 is 44.4 Å². The SMILES string of the molecule is CCOC(=O)CCn1cc(Br)c2cc(-c3noc(-c4ccc(OC(C)C)c(Cl)c4)n3)ccc21. The summed E-state index contributed by atoms with van der Waals surface area (Å²) in [5, 5.41) is 5.61. The normalized spacial score (nSPS) is 11.3. The predicted molar refractivity (Wildman–Crippen MR) is 130 cm³/mol. The monoisotopic (exact) mass is 531 g/mol. The van der Waals surface area contributed by atoms with Crippen molar-refractivity contribution in [3.63, 3.8) is 0 Å². The van der Waals surface area contributed by atoms with Gasteiger partial charge in [0.2, 0.25) is 5.82 Å². The minimum atomic E-state index is -0.213. The van der Waals surface area contributed by atoms with Crippen molar-refractivity contribution in [2.75, 3.05) is 6.61 Å². The van der Waals surface area contributed by atoms with Crippen LogP contribution in [0.25, 0.3) is 33.7 Å². The van der Waals surface area contributed by atoms with Gasteiger partial charge in [0, 0.05) is 39.2 Å². The number of carbonyl (C=O) groups excluding carboxylic acids is 1.